The number of nitrogens with one attached hydrogen (secondary N) is 1. The molecule has 108 valence electrons. The van der Waals surface area contributed by atoms with Crippen molar-refractivity contribution in [3.63, 3.8) is 0 Å². The van der Waals surface area contributed by atoms with Crippen molar-refractivity contribution in [3.8, 4) is 6.07 Å². The van der Waals surface area contributed by atoms with Crippen LogP contribution < -0.4 is 10.2 Å². The van der Waals surface area contributed by atoms with Gasteiger partial charge in [-0.15, -0.1) is 0 Å². The van der Waals surface area contributed by atoms with Gasteiger partial charge in [0.2, 0.25) is 0 Å². The minimum atomic E-state index is 0.424. The molecule has 1 heterocycles. The molecule has 1 aromatic carbocycles. The quantitative estimate of drug-likeness (QED) is 0.917. The largest absolute Gasteiger partial charge is 0.370 e. The van der Waals surface area contributed by atoms with Gasteiger partial charge in [-0.1, -0.05) is 19.9 Å². The summed E-state index contributed by atoms with van der Waals surface area (Å²) in [6, 6.07) is 8.62. The Hall–Kier alpha value is -1.53. The molecule has 0 bridgehead atoms. The number of nitriles is 1. The summed E-state index contributed by atoms with van der Waals surface area (Å²) in [5.74, 6) is 0. The maximum atomic E-state index is 9.42. The summed E-state index contributed by atoms with van der Waals surface area (Å²) < 4.78 is 0. The zero-order valence-corrected chi connectivity index (χ0v) is 12.9. The Bertz CT molecular complexity index is 499. The van der Waals surface area contributed by atoms with Crippen LogP contribution in [0.25, 0.3) is 0 Å². The molecule has 0 radical (unpaired) electrons. The first-order chi connectivity index (χ1) is 9.55. The van der Waals surface area contributed by atoms with Crippen LogP contribution in [0.4, 0.5) is 5.69 Å². The highest BCUT2D eigenvalue weighted by atomic mass is 15.1. The molecule has 0 atom stereocenters. The number of rotatable bonds is 3. The minimum Gasteiger partial charge on any atom is -0.370 e. The van der Waals surface area contributed by atoms with Gasteiger partial charge in [-0.3, -0.25) is 0 Å². The summed E-state index contributed by atoms with van der Waals surface area (Å²) in [6.07, 6.45) is 3.66. The molecule has 1 fully saturated rings. The molecule has 1 saturated heterocycles. The van der Waals surface area contributed by atoms with Gasteiger partial charge < -0.3 is 10.2 Å². The van der Waals surface area contributed by atoms with E-state index in [2.05, 4.69) is 42.3 Å². The van der Waals surface area contributed by atoms with Crippen molar-refractivity contribution in [1.29, 1.82) is 5.26 Å². The van der Waals surface area contributed by atoms with Gasteiger partial charge in [-0.05, 0) is 49.4 Å². The fourth-order valence-corrected chi connectivity index (χ4v) is 2.93. The summed E-state index contributed by atoms with van der Waals surface area (Å²) in [4.78, 5) is 2.39. The first-order valence-corrected chi connectivity index (χ1v) is 7.48. The van der Waals surface area contributed by atoms with Crippen LogP contribution in [0.5, 0.6) is 0 Å². The second-order valence-corrected chi connectivity index (χ2v) is 6.50. The third-order valence-corrected chi connectivity index (χ3v) is 4.24. The second-order valence-electron chi connectivity index (χ2n) is 6.50. The Kier molecular flexibility index (Phi) is 4.67. The minimum absolute atomic E-state index is 0.424. The number of nitrogens with zero attached hydrogens (tertiary/aromatic N) is 2. The molecule has 2 rings (SSSR count). The molecule has 3 nitrogen and oxygen atoms in total. The predicted octanol–water partition coefficient (Wildman–Crippen LogP) is 3.29. The SMILES string of the molecule is CNCc1ccc(N2CCCC(C)(C)CC2)c(C#N)c1. The first-order valence-electron chi connectivity index (χ1n) is 7.48. The van der Waals surface area contributed by atoms with Crippen molar-refractivity contribution in [1.82, 2.24) is 5.32 Å². The van der Waals surface area contributed by atoms with Crippen LogP contribution in [0.15, 0.2) is 18.2 Å². The van der Waals surface area contributed by atoms with E-state index >= 15 is 0 Å². The van der Waals surface area contributed by atoms with Gasteiger partial charge in [0.25, 0.3) is 0 Å². The van der Waals surface area contributed by atoms with Crippen LogP contribution in [0.2, 0.25) is 0 Å². The van der Waals surface area contributed by atoms with E-state index in [1.54, 1.807) is 0 Å². The van der Waals surface area contributed by atoms with Gasteiger partial charge in [0, 0.05) is 19.6 Å². The van der Waals surface area contributed by atoms with Gasteiger partial charge >= 0.3 is 0 Å². The maximum Gasteiger partial charge on any atom is 0.101 e. The number of hydrogen-bond acceptors (Lipinski definition) is 3. The van der Waals surface area contributed by atoms with Crippen LogP contribution in [-0.2, 0) is 6.54 Å². The molecule has 20 heavy (non-hydrogen) atoms. The molecule has 0 amide bonds. The molecular formula is C17H25N3. The molecule has 0 saturated carbocycles. The van der Waals surface area contributed by atoms with Crippen molar-refractivity contribution in [3.05, 3.63) is 29.3 Å². The van der Waals surface area contributed by atoms with Crippen LogP contribution >= 0.6 is 0 Å². The van der Waals surface area contributed by atoms with Crippen molar-refractivity contribution in [2.45, 2.75) is 39.7 Å². The van der Waals surface area contributed by atoms with E-state index in [0.717, 1.165) is 30.9 Å². The topological polar surface area (TPSA) is 39.1 Å². The molecule has 1 aromatic rings. The first kappa shape index (κ1) is 14.9. The van der Waals surface area contributed by atoms with Gasteiger partial charge in [-0.2, -0.15) is 5.26 Å². The van der Waals surface area contributed by atoms with Crippen LogP contribution in [0.1, 0.15) is 44.2 Å². The Morgan fingerprint density at radius 1 is 1.30 bits per heavy atom. The van der Waals surface area contributed by atoms with Crippen molar-refractivity contribution in [2.75, 3.05) is 25.0 Å². The summed E-state index contributed by atoms with van der Waals surface area (Å²) in [7, 11) is 1.93. The molecule has 0 spiro atoms. The lowest BCUT2D eigenvalue weighted by molar-refractivity contribution is 0.325. The van der Waals surface area contributed by atoms with Gasteiger partial charge in [0.15, 0.2) is 0 Å². The second kappa shape index (κ2) is 6.28. The van der Waals surface area contributed by atoms with Crippen LogP contribution in [0.3, 0.4) is 0 Å². The zero-order valence-electron chi connectivity index (χ0n) is 12.9. The highest BCUT2D eigenvalue weighted by molar-refractivity contribution is 5.60. The van der Waals surface area contributed by atoms with E-state index in [0.29, 0.717) is 5.41 Å². The summed E-state index contributed by atoms with van der Waals surface area (Å²) in [6.45, 7) is 7.61. The van der Waals surface area contributed by atoms with E-state index in [9.17, 15) is 5.26 Å². The van der Waals surface area contributed by atoms with E-state index in [-0.39, 0.29) is 0 Å². The van der Waals surface area contributed by atoms with E-state index in [4.69, 9.17) is 0 Å². The van der Waals surface area contributed by atoms with Crippen molar-refractivity contribution < 1.29 is 0 Å². The normalized spacial score (nSPS) is 18.4. The molecule has 0 unspecified atom stereocenters. The summed E-state index contributed by atoms with van der Waals surface area (Å²) in [5, 5.41) is 12.5. The summed E-state index contributed by atoms with van der Waals surface area (Å²) in [5.41, 5.74) is 3.50. The molecule has 0 aromatic heterocycles. The molecule has 3 heteroatoms. The lowest BCUT2D eigenvalue weighted by atomic mass is 9.85. The predicted molar refractivity (Wildman–Crippen MR) is 83.8 cm³/mol. The Morgan fingerprint density at radius 3 is 2.80 bits per heavy atom. The zero-order chi connectivity index (χ0) is 14.6. The molecule has 1 aliphatic rings. The fourth-order valence-electron chi connectivity index (χ4n) is 2.93. The third kappa shape index (κ3) is 3.52. The monoisotopic (exact) mass is 271 g/mol. The molecule has 1 aliphatic heterocycles. The lowest BCUT2D eigenvalue weighted by Crippen LogP contribution is -2.26. The highest BCUT2D eigenvalue weighted by Crippen LogP contribution is 2.32. The Balaban J connectivity index is 2.22. The highest BCUT2D eigenvalue weighted by Gasteiger charge is 2.24. The van der Waals surface area contributed by atoms with Gasteiger partial charge in [0.1, 0.15) is 6.07 Å². The average Bonchev–Trinajstić information content (AvgIpc) is 2.60. The molecular weight excluding hydrogens is 246 g/mol. The standard InChI is InChI=1S/C17H25N3/c1-17(2)7-4-9-20(10-8-17)16-6-5-14(13-19-3)11-15(16)12-18/h5-6,11,19H,4,7-10,13H2,1-3H3. The van der Waals surface area contributed by atoms with Crippen LogP contribution in [0, 0.1) is 16.7 Å². The van der Waals surface area contributed by atoms with E-state index in [1.807, 2.05) is 13.1 Å². The smallest absolute Gasteiger partial charge is 0.101 e. The number of hydrogen-bond donors (Lipinski definition) is 1. The van der Waals surface area contributed by atoms with Crippen molar-refractivity contribution >= 4 is 5.69 Å². The van der Waals surface area contributed by atoms with Gasteiger partial charge in [0.05, 0.1) is 11.3 Å². The molecule has 1 N–H and O–H groups in total. The summed E-state index contributed by atoms with van der Waals surface area (Å²) >= 11 is 0. The maximum absolute atomic E-state index is 9.42. The Morgan fingerprint density at radius 2 is 2.10 bits per heavy atom. The van der Waals surface area contributed by atoms with Gasteiger partial charge in [-0.25, -0.2) is 0 Å². The van der Waals surface area contributed by atoms with E-state index < -0.39 is 0 Å². The number of benzene rings is 1. The van der Waals surface area contributed by atoms with Crippen molar-refractivity contribution in [2.24, 2.45) is 5.41 Å². The van der Waals surface area contributed by atoms with E-state index in [1.165, 1.54) is 24.8 Å². The fraction of sp³-hybridized carbons (Fsp3) is 0.588. The average molecular weight is 271 g/mol. The third-order valence-electron chi connectivity index (χ3n) is 4.24. The number of anilines is 1. The molecule has 0 aliphatic carbocycles. The lowest BCUT2D eigenvalue weighted by Gasteiger charge is -2.26. The Labute approximate surface area is 122 Å². The van der Waals surface area contributed by atoms with Crippen LogP contribution in [-0.4, -0.2) is 20.1 Å².